The first-order valence-electron chi connectivity index (χ1n) is 9.03. The number of piperidine rings is 1. The van der Waals surface area contributed by atoms with Crippen LogP contribution in [0.5, 0.6) is 0 Å². The molecule has 1 amide bonds. The lowest BCUT2D eigenvalue weighted by atomic mass is 10.1. The number of hydrogen-bond donors (Lipinski definition) is 1. The van der Waals surface area contributed by atoms with Gasteiger partial charge in [-0.05, 0) is 44.9 Å². The van der Waals surface area contributed by atoms with Crippen LogP contribution in [0.25, 0.3) is 10.2 Å². The van der Waals surface area contributed by atoms with Gasteiger partial charge in [-0.3, -0.25) is 4.79 Å². The van der Waals surface area contributed by atoms with E-state index in [-0.39, 0.29) is 11.9 Å². The number of nitrogens with zero attached hydrogens (tertiary/aromatic N) is 3. The van der Waals surface area contributed by atoms with E-state index in [9.17, 15) is 4.79 Å². The number of anilines is 1. The van der Waals surface area contributed by atoms with Crippen molar-refractivity contribution >= 4 is 45.0 Å². The fourth-order valence-corrected chi connectivity index (χ4v) is 4.58. The smallest absolute Gasteiger partial charge is 0.261 e. The fourth-order valence-electron chi connectivity index (χ4n) is 3.24. The molecule has 1 aliphatic heterocycles. The van der Waals surface area contributed by atoms with Crippen LogP contribution >= 0.6 is 23.1 Å². The molecular formula is C18H26N4OS2. The number of carbonyl (C=O) groups excluding carboxylic acids is 1. The highest BCUT2D eigenvalue weighted by atomic mass is 32.2. The van der Waals surface area contributed by atoms with Crippen LogP contribution in [-0.4, -0.2) is 41.3 Å². The van der Waals surface area contributed by atoms with E-state index >= 15 is 0 Å². The summed E-state index contributed by atoms with van der Waals surface area (Å²) in [5.74, 6) is 0.991. The molecule has 0 spiro atoms. The van der Waals surface area contributed by atoms with Crippen molar-refractivity contribution in [3.8, 4) is 0 Å². The Morgan fingerprint density at radius 2 is 2.12 bits per heavy atom. The van der Waals surface area contributed by atoms with E-state index in [1.165, 1.54) is 30.6 Å². The number of thioether (sulfide) groups is 1. The zero-order valence-electron chi connectivity index (χ0n) is 15.2. The van der Waals surface area contributed by atoms with E-state index in [0.29, 0.717) is 0 Å². The number of aromatic nitrogens is 2. The van der Waals surface area contributed by atoms with Gasteiger partial charge in [0.25, 0.3) is 5.91 Å². The Hall–Kier alpha value is -1.34. The molecule has 3 rings (SSSR count). The third-order valence-electron chi connectivity index (χ3n) is 4.51. The molecule has 0 unspecified atom stereocenters. The quantitative estimate of drug-likeness (QED) is 0.599. The number of fused-ring (bicyclic) bond motifs is 1. The summed E-state index contributed by atoms with van der Waals surface area (Å²) >= 11 is 3.02. The minimum absolute atomic E-state index is 0.000698. The number of carbonyl (C=O) groups is 1. The van der Waals surface area contributed by atoms with Crippen LogP contribution in [0, 0.1) is 0 Å². The number of nitrogens with one attached hydrogen (secondary N) is 1. The lowest BCUT2D eigenvalue weighted by molar-refractivity contribution is 0.0942. The number of thiophene rings is 1. The Labute approximate surface area is 157 Å². The first-order valence-corrected chi connectivity index (χ1v) is 11.1. The number of rotatable bonds is 6. The van der Waals surface area contributed by atoms with E-state index in [0.717, 1.165) is 52.0 Å². The Morgan fingerprint density at radius 1 is 1.36 bits per heavy atom. The maximum atomic E-state index is 12.6. The maximum Gasteiger partial charge on any atom is 0.261 e. The molecule has 1 fully saturated rings. The van der Waals surface area contributed by atoms with Crippen molar-refractivity contribution in [2.24, 2.45) is 0 Å². The molecule has 7 heteroatoms. The SMILES string of the molecule is CCC[C@H](C)NC(=O)c1cc2c(N3CCCCC3)nc(SC)nc2s1. The number of amides is 1. The summed E-state index contributed by atoms with van der Waals surface area (Å²) in [7, 11) is 0. The molecule has 2 aromatic rings. The molecule has 25 heavy (non-hydrogen) atoms. The molecule has 0 radical (unpaired) electrons. The normalized spacial score (nSPS) is 16.2. The molecule has 5 nitrogen and oxygen atoms in total. The van der Waals surface area contributed by atoms with Gasteiger partial charge in [0, 0.05) is 19.1 Å². The van der Waals surface area contributed by atoms with Gasteiger partial charge < -0.3 is 10.2 Å². The topological polar surface area (TPSA) is 58.1 Å². The van der Waals surface area contributed by atoms with Crippen molar-refractivity contribution in [1.29, 1.82) is 0 Å². The zero-order valence-corrected chi connectivity index (χ0v) is 16.8. The third-order valence-corrected chi connectivity index (χ3v) is 6.09. The Balaban J connectivity index is 1.93. The van der Waals surface area contributed by atoms with Gasteiger partial charge in [0.15, 0.2) is 5.16 Å². The highest BCUT2D eigenvalue weighted by molar-refractivity contribution is 7.98. The van der Waals surface area contributed by atoms with E-state index in [1.54, 1.807) is 11.8 Å². The summed E-state index contributed by atoms with van der Waals surface area (Å²) < 4.78 is 0. The molecule has 1 atom stereocenters. The van der Waals surface area contributed by atoms with Crippen molar-refractivity contribution in [3.05, 3.63) is 10.9 Å². The molecule has 136 valence electrons. The second kappa shape index (κ2) is 8.36. The lowest BCUT2D eigenvalue weighted by Crippen LogP contribution is -2.31. The van der Waals surface area contributed by atoms with Crippen LogP contribution in [0.15, 0.2) is 11.2 Å². The summed E-state index contributed by atoms with van der Waals surface area (Å²) in [4.78, 5) is 25.9. The molecule has 1 N–H and O–H groups in total. The fraction of sp³-hybridized carbons (Fsp3) is 0.611. The van der Waals surface area contributed by atoms with Gasteiger partial charge in [0.05, 0.1) is 10.3 Å². The lowest BCUT2D eigenvalue weighted by Gasteiger charge is -2.28. The minimum Gasteiger partial charge on any atom is -0.356 e. The predicted octanol–water partition coefficient (Wildman–Crippen LogP) is 4.32. The second-order valence-electron chi connectivity index (χ2n) is 6.57. The van der Waals surface area contributed by atoms with Crippen LogP contribution in [0.4, 0.5) is 5.82 Å². The second-order valence-corrected chi connectivity index (χ2v) is 8.38. The molecule has 2 aromatic heterocycles. The van der Waals surface area contributed by atoms with Crippen LogP contribution in [0.1, 0.15) is 55.6 Å². The van der Waals surface area contributed by atoms with E-state index in [1.807, 2.05) is 12.3 Å². The van der Waals surface area contributed by atoms with Crippen molar-refractivity contribution < 1.29 is 4.79 Å². The average Bonchev–Trinajstić information content (AvgIpc) is 3.06. The predicted molar refractivity (Wildman–Crippen MR) is 107 cm³/mol. The standard InChI is InChI=1S/C18H26N4OS2/c1-4-8-12(2)19-16(23)14-11-13-15(22-9-6-5-7-10-22)20-18(24-3)21-17(13)25-14/h11-12H,4-10H2,1-3H3,(H,19,23)/t12-/m0/s1. The molecule has 0 saturated carbocycles. The summed E-state index contributed by atoms with van der Waals surface area (Å²) in [6.45, 7) is 6.25. The Kier molecular flexibility index (Phi) is 6.17. The highest BCUT2D eigenvalue weighted by Gasteiger charge is 2.21. The van der Waals surface area contributed by atoms with Crippen molar-refractivity contribution in [2.45, 2.75) is 57.1 Å². The zero-order chi connectivity index (χ0) is 17.8. The van der Waals surface area contributed by atoms with Gasteiger partial charge in [0.2, 0.25) is 0 Å². The third kappa shape index (κ3) is 4.26. The minimum atomic E-state index is -0.000698. The molecule has 0 aliphatic carbocycles. The van der Waals surface area contributed by atoms with Gasteiger partial charge in [-0.25, -0.2) is 9.97 Å². The molecular weight excluding hydrogens is 352 g/mol. The monoisotopic (exact) mass is 378 g/mol. The van der Waals surface area contributed by atoms with E-state index < -0.39 is 0 Å². The maximum absolute atomic E-state index is 12.6. The first kappa shape index (κ1) is 18.5. The van der Waals surface area contributed by atoms with Gasteiger partial charge in [-0.1, -0.05) is 25.1 Å². The van der Waals surface area contributed by atoms with Gasteiger partial charge in [0.1, 0.15) is 10.6 Å². The Morgan fingerprint density at radius 3 is 2.80 bits per heavy atom. The van der Waals surface area contributed by atoms with Crippen molar-refractivity contribution in [1.82, 2.24) is 15.3 Å². The van der Waals surface area contributed by atoms with Gasteiger partial charge >= 0.3 is 0 Å². The van der Waals surface area contributed by atoms with Crippen molar-refractivity contribution in [3.63, 3.8) is 0 Å². The van der Waals surface area contributed by atoms with Crippen LogP contribution in [0.3, 0.4) is 0 Å². The molecule has 1 saturated heterocycles. The van der Waals surface area contributed by atoms with E-state index in [4.69, 9.17) is 4.98 Å². The van der Waals surface area contributed by atoms with Crippen LogP contribution < -0.4 is 10.2 Å². The number of hydrogen-bond acceptors (Lipinski definition) is 6. The summed E-state index contributed by atoms with van der Waals surface area (Å²) in [5, 5.41) is 4.88. The van der Waals surface area contributed by atoms with Crippen LogP contribution in [-0.2, 0) is 0 Å². The molecule has 3 heterocycles. The van der Waals surface area contributed by atoms with Gasteiger partial charge in [-0.2, -0.15) is 0 Å². The molecule has 1 aliphatic rings. The molecule has 0 aromatic carbocycles. The van der Waals surface area contributed by atoms with Gasteiger partial charge in [-0.15, -0.1) is 11.3 Å². The summed E-state index contributed by atoms with van der Waals surface area (Å²) in [6, 6.07) is 2.17. The first-order chi connectivity index (χ1) is 12.1. The highest BCUT2D eigenvalue weighted by Crippen LogP contribution is 2.34. The largest absolute Gasteiger partial charge is 0.356 e. The molecule has 0 bridgehead atoms. The van der Waals surface area contributed by atoms with Crippen LogP contribution in [0.2, 0.25) is 0 Å². The van der Waals surface area contributed by atoms with Crippen molar-refractivity contribution in [2.75, 3.05) is 24.2 Å². The average molecular weight is 379 g/mol. The summed E-state index contributed by atoms with van der Waals surface area (Å²) in [5.41, 5.74) is 0. The Bertz CT molecular complexity index is 740. The summed E-state index contributed by atoms with van der Waals surface area (Å²) in [6.07, 6.45) is 7.74. The van der Waals surface area contributed by atoms with E-state index in [2.05, 4.69) is 29.0 Å².